The van der Waals surface area contributed by atoms with E-state index in [2.05, 4.69) is 15.0 Å². The molecule has 0 bridgehead atoms. The summed E-state index contributed by atoms with van der Waals surface area (Å²) in [5, 5.41) is 0. The highest BCUT2D eigenvalue weighted by atomic mass is 16.2. The Balaban J connectivity index is 1.93. The quantitative estimate of drug-likeness (QED) is 0.661. The highest BCUT2D eigenvalue weighted by Crippen LogP contribution is 2.17. The molecule has 0 unspecified atom stereocenters. The van der Waals surface area contributed by atoms with Crippen LogP contribution in [-0.2, 0) is 13.1 Å². The summed E-state index contributed by atoms with van der Waals surface area (Å²) >= 11 is 0. The molecule has 3 rings (SSSR count). The van der Waals surface area contributed by atoms with Crippen molar-refractivity contribution in [2.75, 3.05) is 19.0 Å². The fourth-order valence-corrected chi connectivity index (χ4v) is 2.92. The van der Waals surface area contributed by atoms with Crippen LogP contribution in [0, 0.1) is 13.8 Å². The third kappa shape index (κ3) is 4.52. The third-order valence-corrected chi connectivity index (χ3v) is 4.56. The molecule has 1 amide bonds. The van der Waals surface area contributed by atoms with Crippen LogP contribution in [0.1, 0.15) is 32.9 Å². The number of rotatable bonds is 6. The lowest BCUT2D eigenvalue weighted by Crippen LogP contribution is -2.32. The standard InChI is InChI=1S/C22H25N5O/c1-16-9-8-12-23-20(16)15-27(14-18-10-6-5-7-11-18)21(28)19-13-24-22(26(3)4)25-17(19)2/h5-13H,14-15H2,1-4H3. The van der Waals surface area contributed by atoms with Gasteiger partial charge in [0.15, 0.2) is 0 Å². The minimum Gasteiger partial charge on any atom is -0.347 e. The Morgan fingerprint density at radius 3 is 2.36 bits per heavy atom. The summed E-state index contributed by atoms with van der Waals surface area (Å²) in [5.74, 6) is 0.487. The lowest BCUT2D eigenvalue weighted by Gasteiger charge is -2.24. The van der Waals surface area contributed by atoms with Crippen molar-refractivity contribution in [3.05, 3.63) is 82.9 Å². The number of carbonyl (C=O) groups is 1. The normalized spacial score (nSPS) is 10.6. The minimum absolute atomic E-state index is 0.100. The highest BCUT2D eigenvalue weighted by molar-refractivity contribution is 5.95. The summed E-state index contributed by atoms with van der Waals surface area (Å²) in [7, 11) is 3.75. The zero-order valence-electron chi connectivity index (χ0n) is 16.8. The van der Waals surface area contributed by atoms with Gasteiger partial charge in [-0.25, -0.2) is 9.97 Å². The molecule has 0 fully saturated rings. The first kappa shape index (κ1) is 19.5. The van der Waals surface area contributed by atoms with E-state index in [1.807, 2.05) is 75.3 Å². The first-order valence-corrected chi connectivity index (χ1v) is 9.20. The van der Waals surface area contributed by atoms with Gasteiger partial charge in [-0.1, -0.05) is 36.4 Å². The van der Waals surface area contributed by atoms with E-state index in [9.17, 15) is 4.79 Å². The van der Waals surface area contributed by atoms with Crippen molar-refractivity contribution in [1.82, 2.24) is 19.9 Å². The zero-order valence-corrected chi connectivity index (χ0v) is 16.8. The first-order valence-electron chi connectivity index (χ1n) is 9.20. The van der Waals surface area contributed by atoms with Crippen LogP contribution in [0.15, 0.2) is 54.9 Å². The molecule has 0 N–H and O–H groups in total. The van der Waals surface area contributed by atoms with E-state index in [4.69, 9.17) is 0 Å². The predicted molar refractivity (Wildman–Crippen MR) is 110 cm³/mol. The number of nitrogens with zero attached hydrogens (tertiary/aromatic N) is 5. The van der Waals surface area contributed by atoms with Gasteiger partial charge in [0.05, 0.1) is 23.5 Å². The van der Waals surface area contributed by atoms with Crippen LogP contribution < -0.4 is 4.90 Å². The SMILES string of the molecule is Cc1cccnc1CN(Cc1ccccc1)C(=O)c1cnc(N(C)C)nc1C. The van der Waals surface area contributed by atoms with Crippen molar-refractivity contribution in [2.24, 2.45) is 0 Å². The van der Waals surface area contributed by atoms with Crippen LogP contribution in [0.5, 0.6) is 0 Å². The summed E-state index contributed by atoms with van der Waals surface area (Å²) in [5.41, 5.74) is 4.18. The van der Waals surface area contributed by atoms with Crippen LogP contribution in [-0.4, -0.2) is 39.9 Å². The summed E-state index contributed by atoms with van der Waals surface area (Å²) in [6.45, 7) is 4.77. The Labute approximate surface area is 165 Å². The van der Waals surface area contributed by atoms with Gasteiger partial charge in [0.1, 0.15) is 0 Å². The van der Waals surface area contributed by atoms with E-state index in [-0.39, 0.29) is 5.91 Å². The predicted octanol–water partition coefficient (Wildman–Crippen LogP) is 3.40. The van der Waals surface area contributed by atoms with Crippen LogP contribution in [0.4, 0.5) is 5.95 Å². The van der Waals surface area contributed by atoms with Crippen molar-refractivity contribution >= 4 is 11.9 Å². The fraction of sp³-hybridized carbons (Fsp3) is 0.273. The maximum absolute atomic E-state index is 13.4. The van der Waals surface area contributed by atoms with Gasteiger partial charge >= 0.3 is 0 Å². The summed E-state index contributed by atoms with van der Waals surface area (Å²) in [6.07, 6.45) is 3.37. The van der Waals surface area contributed by atoms with Gasteiger partial charge in [0.25, 0.3) is 5.91 Å². The van der Waals surface area contributed by atoms with Gasteiger partial charge in [0.2, 0.25) is 5.95 Å². The molecular weight excluding hydrogens is 350 g/mol. The zero-order chi connectivity index (χ0) is 20.1. The molecule has 0 saturated heterocycles. The van der Waals surface area contributed by atoms with Crippen LogP contribution in [0.2, 0.25) is 0 Å². The van der Waals surface area contributed by atoms with Crippen molar-refractivity contribution in [3.8, 4) is 0 Å². The second-order valence-corrected chi connectivity index (χ2v) is 6.98. The number of benzene rings is 1. The number of anilines is 1. The molecular formula is C22H25N5O. The topological polar surface area (TPSA) is 62.2 Å². The van der Waals surface area contributed by atoms with Gasteiger partial charge in [-0.05, 0) is 31.0 Å². The Kier molecular flexibility index (Phi) is 5.99. The average molecular weight is 375 g/mol. The Morgan fingerprint density at radius 1 is 0.964 bits per heavy atom. The molecule has 2 heterocycles. The molecule has 0 aliphatic rings. The second kappa shape index (κ2) is 8.61. The molecule has 0 saturated carbocycles. The van der Waals surface area contributed by atoms with E-state index in [1.54, 1.807) is 17.3 Å². The molecule has 0 radical (unpaired) electrons. The molecule has 0 aliphatic heterocycles. The van der Waals surface area contributed by atoms with E-state index in [1.165, 1.54) is 0 Å². The van der Waals surface area contributed by atoms with Crippen molar-refractivity contribution < 1.29 is 4.79 Å². The molecule has 144 valence electrons. The first-order chi connectivity index (χ1) is 13.5. The van der Waals surface area contributed by atoms with Gasteiger partial charge in [-0.15, -0.1) is 0 Å². The average Bonchev–Trinajstić information content (AvgIpc) is 2.69. The number of pyridine rings is 1. The number of hydrogen-bond acceptors (Lipinski definition) is 5. The number of hydrogen-bond donors (Lipinski definition) is 0. The number of aryl methyl sites for hydroxylation is 2. The Bertz CT molecular complexity index is 956. The van der Waals surface area contributed by atoms with E-state index in [0.29, 0.717) is 30.3 Å². The molecule has 3 aromatic rings. The molecule has 0 atom stereocenters. The van der Waals surface area contributed by atoms with E-state index < -0.39 is 0 Å². The Hall–Kier alpha value is -3.28. The van der Waals surface area contributed by atoms with E-state index >= 15 is 0 Å². The monoisotopic (exact) mass is 375 g/mol. The molecule has 28 heavy (non-hydrogen) atoms. The second-order valence-electron chi connectivity index (χ2n) is 6.98. The van der Waals surface area contributed by atoms with Crippen LogP contribution >= 0.6 is 0 Å². The molecule has 2 aromatic heterocycles. The molecule has 1 aromatic carbocycles. The molecule has 6 heteroatoms. The number of amides is 1. The lowest BCUT2D eigenvalue weighted by molar-refractivity contribution is 0.0726. The van der Waals surface area contributed by atoms with Crippen LogP contribution in [0.25, 0.3) is 0 Å². The van der Waals surface area contributed by atoms with Gasteiger partial charge in [-0.2, -0.15) is 0 Å². The highest BCUT2D eigenvalue weighted by Gasteiger charge is 2.21. The summed E-state index contributed by atoms with van der Waals surface area (Å²) in [4.78, 5) is 30.2. The van der Waals surface area contributed by atoms with Gasteiger partial charge < -0.3 is 9.80 Å². The fourth-order valence-electron chi connectivity index (χ4n) is 2.92. The van der Waals surface area contributed by atoms with Crippen molar-refractivity contribution in [3.63, 3.8) is 0 Å². The van der Waals surface area contributed by atoms with Crippen molar-refractivity contribution in [2.45, 2.75) is 26.9 Å². The molecule has 0 spiro atoms. The van der Waals surface area contributed by atoms with Crippen molar-refractivity contribution in [1.29, 1.82) is 0 Å². The maximum Gasteiger partial charge on any atom is 0.257 e. The van der Waals surface area contributed by atoms with Crippen LogP contribution in [0.3, 0.4) is 0 Å². The van der Waals surface area contributed by atoms with E-state index in [0.717, 1.165) is 16.8 Å². The third-order valence-electron chi connectivity index (χ3n) is 4.56. The summed E-state index contributed by atoms with van der Waals surface area (Å²) < 4.78 is 0. The Morgan fingerprint density at radius 2 is 1.71 bits per heavy atom. The summed E-state index contributed by atoms with van der Waals surface area (Å²) in [6, 6.07) is 13.9. The maximum atomic E-state index is 13.4. The largest absolute Gasteiger partial charge is 0.347 e. The molecule has 0 aliphatic carbocycles. The smallest absolute Gasteiger partial charge is 0.257 e. The minimum atomic E-state index is -0.100. The number of carbonyl (C=O) groups excluding carboxylic acids is 1. The molecule has 6 nitrogen and oxygen atoms in total. The van der Waals surface area contributed by atoms with Gasteiger partial charge in [-0.3, -0.25) is 9.78 Å². The van der Waals surface area contributed by atoms with Gasteiger partial charge in [0, 0.05) is 33.0 Å². The number of aromatic nitrogens is 3. The lowest BCUT2D eigenvalue weighted by atomic mass is 10.1.